The molecule has 31 heavy (non-hydrogen) atoms. The molecule has 0 N–H and O–H groups in total. The Kier molecular flexibility index (Phi) is 6.40. The molecule has 0 bridgehead atoms. The number of likely N-dealkylation sites (N-methyl/N-ethyl adjacent to an activating group) is 1. The molecule has 1 aliphatic heterocycles. The molecule has 3 aromatic rings. The molecule has 2 heterocycles. The normalized spacial score (nSPS) is 18.1. The van der Waals surface area contributed by atoms with Gasteiger partial charge in [0.25, 0.3) is 0 Å². The first-order chi connectivity index (χ1) is 15.1. The number of fused-ring (bicyclic) bond motifs is 5. The smallest absolute Gasteiger partial charge is 0.0530 e. The van der Waals surface area contributed by atoms with Gasteiger partial charge in [-0.05, 0) is 78.7 Å². The highest BCUT2D eigenvalue weighted by Crippen LogP contribution is 2.45. The van der Waals surface area contributed by atoms with E-state index >= 15 is 0 Å². The third kappa shape index (κ3) is 4.31. The van der Waals surface area contributed by atoms with Crippen molar-refractivity contribution in [2.24, 2.45) is 0 Å². The van der Waals surface area contributed by atoms with Crippen molar-refractivity contribution in [3.8, 4) is 11.3 Å². The third-order valence-corrected chi connectivity index (χ3v) is 7.92. The molecule has 1 aliphatic carbocycles. The molecular weight excluding hydrogens is 493 g/mol. The summed E-state index contributed by atoms with van der Waals surface area (Å²) in [5.74, 6) is 0.699. The van der Waals surface area contributed by atoms with Crippen molar-refractivity contribution < 1.29 is 0 Å². The van der Waals surface area contributed by atoms with Crippen molar-refractivity contribution in [1.29, 1.82) is 0 Å². The molecule has 5 rings (SSSR count). The van der Waals surface area contributed by atoms with E-state index in [0.29, 0.717) is 5.92 Å². The van der Waals surface area contributed by atoms with Crippen LogP contribution in [0.3, 0.4) is 0 Å². The van der Waals surface area contributed by atoms with Crippen LogP contribution in [0.25, 0.3) is 22.2 Å². The summed E-state index contributed by atoms with van der Waals surface area (Å²) in [5.41, 5.74) is 7.54. The Morgan fingerprint density at radius 2 is 1.81 bits per heavy atom. The zero-order chi connectivity index (χ0) is 21.4. The summed E-state index contributed by atoms with van der Waals surface area (Å²) >= 11 is 2.48. The van der Waals surface area contributed by atoms with Crippen LogP contribution in [0, 0.1) is 3.57 Å². The minimum Gasteiger partial charge on any atom is -0.339 e. The molecule has 2 aromatic carbocycles. The fourth-order valence-electron chi connectivity index (χ4n) is 5.66. The molecule has 2 aliphatic rings. The lowest BCUT2D eigenvalue weighted by Gasteiger charge is -2.30. The first kappa shape index (κ1) is 21.5. The van der Waals surface area contributed by atoms with E-state index in [0.717, 1.165) is 32.7 Å². The summed E-state index contributed by atoms with van der Waals surface area (Å²) < 4.78 is 4.00. The van der Waals surface area contributed by atoms with Gasteiger partial charge in [-0.1, -0.05) is 49.6 Å². The fourth-order valence-corrected chi connectivity index (χ4v) is 6.13. The minimum atomic E-state index is 0.699. The third-order valence-electron chi connectivity index (χ3n) is 7.25. The topological polar surface area (TPSA) is 11.4 Å². The second-order valence-corrected chi connectivity index (χ2v) is 10.9. The Hall–Kier alpha value is -1.37. The van der Waals surface area contributed by atoms with Crippen LogP contribution in [-0.4, -0.2) is 48.1 Å². The number of rotatable bonds is 4. The van der Waals surface area contributed by atoms with E-state index in [2.05, 4.69) is 93.5 Å². The van der Waals surface area contributed by atoms with Crippen molar-refractivity contribution in [2.75, 3.05) is 33.7 Å². The van der Waals surface area contributed by atoms with E-state index in [-0.39, 0.29) is 0 Å². The SMILES string of the molecule is CN(C)CCN1CCn2c(c(C3CCCCC3)c3ccc(I)cc32)-c2ccccc2C1. The van der Waals surface area contributed by atoms with Gasteiger partial charge in [0, 0.05) is 52.8 Å². The Balaban J connectivity index is 1.69. The summed E-state index contributed by atoms with van der Waals surface area (Å²) in [6.45, 7) is 5.44. The molecule has 164 valence electrons. The molecule has 4 heteroatoms. The lowest BCUT2D eigenvalue weighted by Crippen LogP contribution is -2.35. The Morgan fingerprint density at radius 1 is 1.00 bits per heavy atom. The average Bonchev–Trinajstić information content (AvgIpc) is 3.07. The van der Waals surface area contributed by atoms with Gasteiger partial charge in [-0.15, -0.1) is 0 Å². The molecule has 3 nitrogen and oxygen atoms in total. The zero-order valence-corrected chi connectivity index (χ0v) is 21.1. The molecular formula is C27H34IN3. The standard InChI is InChI=1S/C27H34IN3/c1-29(2)14-15-30-16-17-31-25-18-22(28)12-13-24(25)26(20-8-4-3-5-9-20)27(31)23-11-7-6-10-21(23)19-30/h6-7,10-13,18,20H,3-5,8-9,14-17,19H2,1-2H3. The summed E-state index contributed by atoms with van der Waals surface area (Å²) in [4.78, 5) is 4.94. The predicted octanol–water partition coefficient (Wildman–Crippen LogP) is 6.34. The molecule has 1 saturated carbocycles. The molecule has 1 fully saturated rings. The molecule has 0 saturated heterocycles. The van der Waals surface area contributed by atoms with Crippen LogP contribution in [0.2, 0.25) is 0 Å². The maximum Gasteiger partial charge on any atom is 0.0530 e. The van der Waals surface area contributed by atoms with Crippen molar-refractivity contribution in [1.82, 2.24) is 14.4 Å². The van der Waals surface area contributed by atoms with Gasteiger partial charge in [-0.3, -0.25) is 4.90 Å². The minimum absolute atomic E-state index is 0.699. The predicted molar refractivity (Wildman–Crippen MR) is 140 cm³/mol. The van der Waals surface area contributed by atoms with Gasteiger partial charge in [0.1, 0.15) is 0 Å². The molecule has 0 spiro atoms. The van der Waals surface area contributed by atoms with E-state index in [4.69, 9.17) is 0 Å². The van der Waals surface area contributed by atoms with Gasteiger partial charge >= 0.3 is 0 Å². The molecule has 0 unspecified atom stereocenters. The van der Waals surface area contributed by atoms with Crippen LogP contribution in [-0.2, 0) is 13.1 Å². The second-order valence-electron chi connectivity index (χ2n) is 9.65. The summed E-state index contributed by atoms with van der Waals surface area (Å²) in [6.07, 6.45) is 6.84. The lowest BCUT2D eigenvalue weighted by atomic mass is 9.81. The molecule has 0 amide bonds. The van der Waals surface area contributed by atoms with Crippen LogP contribution in [0.15, 0.2) is 42.5 Å². The van der Waals surface area contributed by atoms with Crippen LogP contribution < -0.4 is 0 Å². The molecule has 0 radical (unpaired) electrons. The highest BCUT2D eigenvalue weighted by molar-refractivity contribution is 14.1. The van der Waals surface area contributed by atoms with E-state index in [1.807, 2.05) is 0 Å². The summed E-state index contributed by atoms with van der Waals surface area (Å²) in [6, 6.07) is 16.3. The Bertz CT molecular complexity index is 1060. The van der Waals surface area contributed by atoms with E-state index < -0.39 is 0 Å². The largest absolute Gasteiger partial charge is 0.339 e. The van der Waals surface area contributed by atoms with Gasteiger partial charge in [-0.25, -0.2) is 0 Å². The number of hydrogen-bond acceptors (Lipinski definition) is 2. The van der Waals surface area contributed by atoms with Gasteiger partial charge < -0.3 is 9.47 Å². The number of hydrogen-bond donors (Lipinski definition) is 0. The molecule has 0 atom stereocenters. The number of benzene rings is 2. The Labute approximate surface area is 200 Å². The number of halogens is 1. The van der Waals surface area contributed by atoms with E-state index in [1.165, 1.54) is 63.4 Å². The quantitative estimate of drug-likeness (QED) is 0.367. The highest BCUT2D eigenvalue weighted by Gasteiger charge is 2.29. The van der Waals surface area contributed by atoms with Gasteiger partial charge in [0.15, 0.2) is 0 Å². The van der Waals surface area contributed by atoms with E-state index in [1.54, 1.807) is 5.56 Å². The first-order valence-corrected chi connectivity index (χ1v) is 13.0. The van der Waals surface area contributed by atoms with Crippen molar-refractivity contribution >= 4 is 33.5 Å². The van der Waals surface area contributed by atoms with Crippen molar-refractivity contribution in [3.63, 3.8) is 0 Å². The average molecular weight is 527 g/mol. The number of aromatic nitrogens is 1. The summed E-state index contributed by atoms with van der Waals surface area (Å²) in [5, 5.41) is 1.50. The number of nitrogens with zero attached hydrogens (tertiary/aromatic N) is 3. The van der Waals surface area contributed by atoms with Crippen LogP contribution in [0.4, 0.5) is 0 Å². The highest BCUT2D eigenvalue weighted by atomic mass is 127. The fraction of sp³-hybridized carbons (Fsp3) is 0.481. The zero-order valence-electron chi connectivity index (χ0n) is 18.9. The van der Waals surface area contributed by atoms with Gasteiger partial charge in [0.2, 0.25) is 0 Å². The van der Waals surface area contributed by atoms with Crippen LogP contribution in [0.5, 0.6) is 0 Å². The molecule has 1 aromatic heterocycles. The Morgan fingerprint density at radius 3 is 2.61 bits per heavy atom. The van der Waals surface area contributed by atoms with Gasteiger partial charge in [-0.2, -0.15) is 0 Å². The van der Waals surface area contributed by atoms with Crippen LogP contribution in [0.1, 0.15) is 49.1 Å². The monoisotopic (exact) mass is 527 g/mol. The first-order valence-electron chi connectivity index (χ1n) is 11.9. The van der Waals surface area contributed by atoms with Gasteiger partial charge in [0.05, 0.1) is 5.69 Å². The maximum absolute atomic E-state index is 2.67. The lowest BCUT2D eigenvalue weighted by molar-refractivity contribution is 0.225. The maximum atomic E-state index is 2.67. The summed E-state index contributed by atoms with van der Waals surface area (Å²) in [7, 11) is 4.35. The van der Waals surface area contributed by atoms with Crippen molar-refractivity contribution in [3.05, 3.63) is 57.2 Å². The van der Waals surface area contributed by atoms with Crippen molar-refractivity contribution in [2.45, 2.75) is 51.1 Å². The second kappa shape index (κ2) is 9.24. The van der Waals surface area contributed by atoms with Crippen LogP contribution >= 0.6 is 22.6 Å². The van der Waals surface area contributed by atoms with E-state index in [9.17, 15) is 0 Å².